The molecule has 3 rings (SSSR count). The van der Waals surface area contributed by atoms with Crippen molar-refractivity contribution in [1.82, 2.24) is 9.78 Å². The number of hydrogen-bond acceptors (Lipinski definition) is 2. The van der Waals surface area contributed by atoms with Gasteiger partial charge in [-0.25, -0.2) is 0 Å². The summed E-state index contributed by atoms with van der Waals surface area (Å²) in [6.45, 7) is -4.64. The van der Waals surface area contributed by atoms with Crippen LogP contribution in [-0.2, 0) is 4.74 Å². The van der Waals surface area contributed by atoms with Crippen LogP contribution in [0.3, 0.4) is 0 Å². The summed E-state index contributed by atoms with van der Waals surface area (Å²) in [5, 5.41) is 4.16. The molecule has 1 saturated heterocycles. The molecule has 8 heteroatoms. The molecule has 1 aliphatic rings. The molecule has 0 spiro atoms. The Bertz CT molecular complexity index is 612. The van der Waals surface area contributed by atoms with Gasteiger partial charge in [-0.15, -0.1) is 0 Å². The Morgan fingerprint density at radius 1 is 1.14 bits per heavy atom. The minimum atomic E-state index is -5.12. The first kappa shape index (κ1) is 18.2. The van der Waals surface area contributed by atoms with Crippen LogP contribution in [0.15, 0.2) is 36.4 Å². The van der Waals surface area contributed by atoms with Crippen LogP contribution in [0, 0.1) is 0 Å². The van der Waals surface area contributed by atoms with E-state index in [4.69, 9.17) is 4.74 Å². The summed E-state index contributed by atoms with van der Waals surface area (Å²) in [7, 11) is 0. The molecule has 1 aromatic heterocycles. The second-order valence-electron chi connectivity index (χ2n) is 5.16. The average molecular weight is 334 g/mol. The van der Waals surface area contributed by atoms with E-state index in [1.54, 1.807) is 24.3 Å². The molecule has 1 fully saturated rings. The smallest absolute Gasteiger partial charge is 0.444 e. The predicted octanol–water partition coefficient (Wildman–Crippen LogP) is 0.308. The van der Waals surface area contributed by atoms with Crippen molar-refractivity contribution in [1.29, 1.82) is 0 Å². The van der Waals surface area contributed by atoms with Crippen LogP contribution in [0.1, 0.15) is 25.5 Å². The second-order valence-corrected chi connectivity index (χ2v) is 5.16. The molecular formula is C14H15BF3KN2O. The van der Waals surface area contributed by atoms with Crippen molar-refractivity contribution < 1.29 is 69.1 Å². The van der Waals surface area contributed by atoms with E-state index in [1.165, 1.54) is 0 Å². The van der Waals surface area contributed by atoms with Crippen molar-refractivity contribution in [3.63, 3.8) is 0 Å². The molecule has 2 aromatic rings. The minimum absolute atomic E-state index is 0. The number of halogens is 3. The summed E-state index contributed by atoms with van der Waals surface area (Å²) in [4.78, 5) is 0. The number of aromatic nitrogens is 2. The minimum Gasteiger partial charge on any atom is -0.444 e. The number of benzene rings is 1. The Hall–Kier alpha value is -0.119. The average Bonchev–Trinajstić information content (AvgIpc) is 2.94. The Balaban J connectivity index is 0.00000176. The van der Waals surface area contributed by atoms with Gasteiger partial charge >= 0.3 is 58.4 Å². The Morgan fingerprint density at radius 2 is 1.86 bits per heavy atom. The first-order valence-corrected chi connectivity index (χ1v) is 7.02. The van der Waals surface area contributed by atoms with Crippen molar-refractivity contribution in [2.45, 2.75) is 25.5 Å². The van der Waals surface area contributed by atoms with Crippen LogP contribution in [0.5, 0.6) is 0 Å². The molecule has 0 aliphatic carbocycles. The molecule has 1 aliphatic heterocycles. The van der Waals surface area contributed by atoms with Crippen molar-refractivity contribution in [2.24, 2.45) is 0 Å². The van der Waals surface area contributed by atoms with Crippen molar-refractivity contribution >= 4 is 12.6 Å². The summed E-state index contributed by atoms with van der Waals surface area (Å²) < 4.78 is 46.3. The van der Waals surface area contributed by atoms with Crippen LogP contribution in [0.25, 0.3) is 11.3 Å². The fourth-order valence-electron chi connectivity index (χ4n) is 2.55. The van der Waals surface area contributed by atoms with Gasteiger partial charge < -0.3 is 17.7 Å². The molecule has 2 heterocycles. The molecule has 0 radical (unpaired) electrons. The topological polar surface area (TPSA) is 27.1 Å². The zero-order valence-electron chi connectivity index (χ0n) is 12.4. The molecular weight excluding hydrogens is 319 g/mol. The van der Waals surface area contributed by atoms with Crippen LogP contribution in [0.4, 0.5) is 12.9 Å². The monoisotopic (exact) mass is 334 g/mol. The van der Waals surface area contributed by atoms with E-state index < -0.39 is 18.8 Å². The maximum absolute atomic E-state index is 13.3. The third kappa shape index (κ3) is 4.04. The molecule has 112 valence electrons. The Kier molecular flexibility index (Phi) is 6.32. The summed E-state index contributed by atoms with van der Waals surface area (Å²) in [6.07, 6.45) is 1.69. The summed E-state index contributed by atoms with van der Waals surface area (Å²) in [5.74, 6) is 0. The Labute approximate surface area is 169 Å². The second kappa shape index (κ2) is 7.63. The van der Waals surface area contributed by atoms with Gasteiger partial charge in [-0.1, -0.05) is 30.3 Å². The largest absolute Gasteiger partial charge is 1.00 e. The van der Waals surface area contributed by atoms with Gasteiger partial charge in [0, 0.05) is 12.2 Å². The molecule has 0 N–H and O–H groups in total. The fraction of sp³-hybridized carbons (Fsp3) is 0.357. The number of nitrogens with zero attached hydrogens (tertiary/aromatic N) is 2. The number of rotatable bonds is 3. The van der Waals surface area contributed by atoms with Gasteiger partial charge in [0.15, 0.2) is 0 Å². The van der Waals surface area contributed by atoms with Gasteiger partial charge in [0.2, 0.25) is 0 Å². The van der Waals surface area contributed by atoms with Gasteiger partial charge in [0.1, 0.15) is 6.23 Å². The zero-order chi connectivity index (χ0) is 14.9. The maximum atomic E-state index is 13.3. The van der Waals surface area contributed by atoms with E-state index in [0.29, 0.717) is 24.3 Å². The third-order valence-corrected chi connectivity index (χ3v) is 3.60. The van der Waals surface area contributed by atoms with E-state index in [9.17, 15) is 12.9 Å². The van der Waals surface area contributed by atoms with Gasteiger partial charge in [0.05, 0.1) is 5.69 Å². The van der Waals surface area contributed by atoms with E-state index in [2.05, 4.69) is 5.10 Å². The van der Waals surface area contributed by atoms with Crippen LogP contribution < -0.4 is 57.0 Å². The first-order chi connectivity index (χ1) is 10.1. The maximum Gasteiger partial charge on any atom is 1.00 e. The fourth-order valence-corrected chi connectivity index (χ4v) is 2.55. The van der Waals surface area contributed by atoms with Crippen molar-refractivity contribution in [3.05, 3.63) is 36.4 Å². The molecule has 0 amide bonds. The predicted molar refractivity (Wildman–Crippen MR) is 75.2 cm³/mol. The summed E-state index contributed by atoms with van der Waals surface area (Å²) in [6, 6.07) is 10.0. The standard InChI is InChI=1S/C14H15BF3N2O.K/c16-15(17,18)13-10-12(11-6-2-1-3-7-11)19-20(13)14-8-4-5-9-21-14;/h1-3,6-7,10,14H,4-5,8-9H2;/q-1;+1. The van der Waals surface area contributed by atoms with Gasteiger partial charge in [-0.3, -0.25) is 4.68 Å². The molecule has 22 heavy (non-hydrogen) atoms. The first-order valence-electron chi connectivity index (χ1n) is 7.02. The zero-order valence-corrected chi connectivity index (χ0v) is 15.5. The molecule has 1 unspecified atom stereocenters. The molecule has 1 atom stereocenters. The van der Waals surface area contributed by atoms with E-state index in [0.717, 1.165) is 23.6 Å². The molecule has 3 nitrogen and oxygen atoms in total. The van der Waals surface area contributed by atoms with Gasteiger partial charge in [-0.2, -0.15) is 5.10 Å². The summed E-state index contributed by atoms with van der Waals surface area (Å²) >= 11 is 0. The van der Waals surface area contributed by atoms with Crippen molar-refractivity contribution in [3.8, 4) is 11.3 Å². The van der Waals surface area contributed by atoms with E-state index >= 15 is 0 Å². The van der Waals surface area contributed by atoms with Gasteiger partial charge in [0.25, 0.3) is 0 Å². The number of hydrogen-bond donors (Lipinski definition) is 0. The molecule has 0 bridgehead atoms. The normalized spacial score (nSPS) is 18.8. The van der Waals surface area contributed by atoms with Crippen LogP contribution in [0.2, 0.25) is 0 Å². The molecule has 0 saturated carbocycles. The third-order valence-electron chi connectivity index (χ3n) is 3.60. The van der Waals surface area contributed by atoms with Crippen LogP contribution in [-0.4, -0.2) is 23.4 Å². The quantitative estimate of drug-likeness (QED) is 0.756. The van der Waals surface area contributed by atoms with Crippen LogP contribution >= 0.6 is 0 Å². The van der Waals surface area contributed by atoms with E-state index in [-0.39, 0.29) is 51.4 Å². The van der Waals surface area contributed by atoms with Gasteiger partial charge in [-0.05, 0) is 30.9 Å². The van der Waals surface area contributed by atoms with E-state index in [1.807, 2.05) is 6.07 Å². The molecule has 1 aromatic carbocycles. The summed E-state index contributed by atoms with van der Waals surface area (Å²) in [5.41, 5.74) is 0.313. The van der Waals surface area contributed by atoms with Crippen molar-refractivity contribution in [2.75, 3.05) is 6.61 Å². The SMILES string of the molecule is F[B-](F)(F)c1cc(-c2ccccc2)nn1C1CCCCO1.[K+]. The number of ether oxygens (including phenoxy) is 1. The Morgan fingerprint density at radius 3 is 2.45 bits per heavy atom.